The molecule has 0 spiro atoms. The number of nitrogens with one attached hydrogen (secondary N) is 1. The summed E-state index contributed by atoms with van der Waals surface area (Å²) in [5.74, 6) is -1.50. The molecule has 1 aliphatic rings. The number of carbonyl (C=O) groups excluding carboxylic acids is 3. The fourth-order valence-corrected chi connectivity index (χ4v) is 2.20. The molecule has 1 saturated heterocycles. The lowest BCUT2D eigenvalue weighted by molar-refractivity contribution is -0.149. The van der Waals surface area contributed by atoms with Crippen LogP contribution in [0.3, 0.4) is 0 Å². The van der Waals surface area contributed by atoms with E-state index in [1.54, 1.807) is 0 Å². The monoisotopic (exact) mass is 329 g/mol. The summed E-state index contributed by atoms with van der Waals surface area (Å²) < 4.78 is 37.7. The van der Waals surface area contributed by atoms with E-state index in [4.69, 9.17) is 0 Å². The fourth-order valence-electron chi connectivity index (χ4n) is 2.20. The molecule has 0 aliphatic carbocycles. The lowest BCUT2D eigenvalue weighted by Gasteiger charge is -2.28. The number of piperidine rings is 1. The van der Waals surface area contributed by atoms with Crippen molar-refractivity contribution in [2.45, 2.75) is 31.5 Å². The molecule has 0 aromatic carbocycles. The summed E-state index contributed by atoms with van der Waals surface area (Å²) in [6.07, 6.45) is -4.68. The zero-order chi connectivity index (χ0) is 17.2. The van der Waals surface area contributed by atoms with E-state index in [1.807, 2.05) is 0 Å². The summed E-state index contributed by atoms with van der Waals surface area (Å²) in [6.45, 7) is 0. The molecule has 1 unspecified atom stereocenters. The molecule has 1 aromatic heterocycles. The Morgan fingerprint density at radius 3 is 2.74 bits per heavy atom. The predicted molar refractivity (Wildman–Crippen MR) is 71.9 cm³/mol. The second-order valence-electron chi connectivity index (χ2n) is 5.14. The third kappa shape index (κ3) is 4.05. The van der Waals surface area contributed by atoms with Crippen molar-refractivity contribution in [1.29, 1.82) is 0 Å². The first-order chi connectivity index (χ1) is 10.7. The normalized spacial score (nSPS) is 19.0. The van der Waals surface area contributed by atoms with Gasteiger partial charge in [-0.25, -0.2) is 4.98 Å². The van der Waals surface area contributed by atoms with Gasteiger partial charge in [-0.15, -0.1) is 0 Å². The first-order valence-corrected chi connectivity index (χ1v) is 6.81. The van der Waals surface area contributed by atoms with Crippen LogP contribution in [0.25, 0.3) is 0 Å². The molecule has 1 aromatic rings. The molecule has 0 radical (unpaired) electrons. The minimum absolute atomic E-state index is 0.0509. The van der Waals surface area contributed by atoms with Gasteiger partial charge in [0, 0.05) is 13.5 Å². The lowest BCUT2D eigenvalue weighted by Crippen LogP contribution is -2.53. The number of rotatable bonds is 3. The average molecular weight is 329 g/mol. The van der Waals surface area contributed by atoms with Crippen LogP contribution in [0.2, 0.25) is 0 Å². The number of amides is 3. The van der Waals surface area contributed by atoms with Gasteiger partial charge < -0.3 is 5.32 Å². The van der Waals surface area contributed by atoms with Crippen LogP contribution in [0, 0.1) is 0 Å². The van der Waals surface area contributed by atoms with Crippen LogP contribution in [0.15, 0.2) is 18.2 Å². The van der Waals surface area contributed by atoms with Crippen LogP contribution >= 0.6 is 0 Å². The molecule has 3 amide bonds. The smallest absolute Gasteiger partial charge is 0.344 e. The van der Waals surface area contributed by atoms with Crippen molar-refractivity contribution in [3.63, 3.8) is 0 Å². The highest BCUT2D eigenvalue weighted by molar-refractivity contribution is 6.01. The maximum Gasteiger partial charge on any atom is 0.433 e. The lowest BCUT2D eigenvalue weighted by atomic mass is 10.0. The van der Waals surface area contributed by atoms with Gasteiger partial charge in [-0.2, -0.15) is 13.2 Å². The molecule has 2 rings (SSSR count). The first kappa shape index (κ1) is 16.9. The van der Waals surface area contributed by atoms with E-state index < -0.39 is 29.7 Å². The van der Waals surface area contributed by atoms with E-state index in [0.29, 0.717) is 0 Å². The van der Waals surface area contributed by atoms with E-state index in [-0.39, 0.29) is 30.9 Å². The molecule has 6 nitrogen and oxygen atoms in total. The Labute approximate surface area is 129 Å². The average Bonchev–Trinajstić information content (AvgIpc) is 2.47. The zero-order valence-electron chi connectivity index (χ0n) is 12.2. The first-order valence-electron chi connectivity index (χ1n) is 6.81. The molecule has 1 atom stereocenters. The molecule has 2 heterocycles. The third-order valence-corrected chi connectivity index (χ3v) is 3.42. The number of hydrogen-bond donors (Lipinski definition) is 1. The molecule has 0 saturated carbocycles. The zero-order valence-corrected chi connectivity index (χ0v) is 12.2. The van der Waals surface area contributed by atoms with Crippen molar-refractivity contribution in [2.75, 3.05) is 7.05 Å². The van der Waals surface area contributed by atoms with Gasteiger partial charge in [0.2, 0.25) is 11.8 Å². The fraction of sp³-hybridized carbons (Fsp3) is 0.429. The molecule has 1 aliphatic heterocycles. The number of carbonyl (C=O) groups is 3. The van der Waals surface area contributed by atoms with Crippen molar-refractivity contribution in [3.8, 4) is 0 Å². The SMILES string of the molecule is CN1C(=O)CCC(NC(=O)Cc2cccc(C(F)(F)F)n2)C1=O. The second kappa shape index (κ2) is 6.35. The largest absolute Gasteiger partial charge is 0.433 e. The molecule has 1 N–H and O–H groups in total. The van der Waals surface area contributed by atoms with E-state index in [1.165, 1.54) is 13.1 Å². The number of hydrogen-bond acceptors (Lipinski definition) is 4. The van der Waals surface area contributed by atoms with Crippen LogP contribution in [0.1, 0.15) is 24.2 Å². The number of likely N-dealkylation sites (tertiary alicyclic amines) is 1. The number of halogens is 3. The Balaban J connectivity index is 2.00. The topological polar surface area (TPSA) is 79.4 Å². The number of nitrogens with zero attached hydrogens (tertiary/aromatic N) is 2. The Kier molecular flexibility index (Phi) is 4.67. The Morgan fingerprint density at radius 1 is 1.39 bits per heavy atom. The molecule has 0 bridgehead atoms. The summed E-state index contributed by atoms with van der Waals surface area (Å²) in [5, 5.41) is 2.42. The van der Waals surface area contributed by atoms with Crippen LogP contribution in [-0.2, 0) is 27.0 Å². The Bertz CT molecular complexity index is 646. The van der Waals surface area contributed by atoms with Gasteiger partial charge in [0.1, 0.15) is 11.7 Å². The summed E-state index contributed by atoms with van der Waals surface area (Å²) in [4.78, 5) is 39.4. The van der Waals surface area contributed by atoms with Gasteiger partial charge in [-0.05, 0) is 18.6 Å². The van der Waals surface area contributed by atoms with Gasteiger partial charge in [-0.3, -0.25) is 19.3 Å². The predicted octanol–water partition coefficient (Wildman–Crippen LogP) is 0.906. The number of pyridine rings is 1. The van der Waals surface area contributed by atoms with Crippen LogP contribution in [0.4, 0.5) is 13.2 Å². The molecule has 124 valence electrons. The highest BCUT2D eigenvalue weighted by Crippen LogP contribution is 2.27. The van der Waals surface area contributed by atoms with Gasteiger partial charge in [0.05, 0.1) is 12.1 Å². The summed E-state index contributed by atoms with van der Waals surface area (Å²) in [6, 6.07) is 2.42. The van der Waals surface area contributed by atoms with Gasteiger partial charge in [0.15, 0.2) is 0 Å². The van der Waals surface area contributed by atoms with Gasteiger partial charge >= 0.3 is 6.18 Å². The highest BCUT2D eigenvalue weighted by atomic mass is 19.4. The van der Waals surface area contributed by atoms with Crippen LogP contribution in [0.5, 0.6) is 0 Å². The maximum absolute atomic E-state index is 12.6. The number of aromatic nitrogens is 1. The maximum atomic E-state index is 12.6. The number of imide groups is 1. The van der Waals surface area contributed by atoms with Crippen molar-refractivity contribution in [1.82, 2.24) is 15.2 Å². The van der Waals surface area contributed by atoms with Crippen molar-refractivity contribution in [3.05, 3.63) is 29.6 Å². The number of alkyl halides is 3. The van der Waals surface area contributed by atoms with E-state index in [2.05, 4.69) is 10.3 Å². The summed E-state index contributed by atoms with van der Waals surface area (Å²) in [7, 11) is 1.32. The van der Waals surface area contributed by atoms with E-state index in [0.717, 1.165) is 17.0 Å². The van der Waals surface area contributed by atoms with Gasteiger partial charge in [0.25, 0.3) is 5.91 Å². The standard InChI is InChI=1S/C14H14F3N3O3/c1-20-12(22)6-5-9(13(20)23)19-11(21)7-8-3-2-4-10(18-8)14(15,16)17/h2-4,9H,5-7H2,1H3,(H,19,21). The number of likely N-dealkylation sites (N-methyl/N-ethyl adjacent to an activating group) is 1. The second-order valence-corrected chi connectivity index (χ2v) is 5.14. The molecular weight excluding hydrogens is 315 g/mol. The van der Waals surface area contributed by atoms with Crippen LogP contribution in [-0.4, -0.2) is 40.7 Å². The van der Waals surface area contributed by atoms with Crippen molar-refractivity contribution in [2.24, 2.45) is 0 Å². The van der Waals surface area contributed by atoms with Gasteiger partial charge in [-0.1, -0.05) is 6.07 Å². The van der Waals surface area contributed by atoms with E-state index >= 15 is 0 Å². The highest BCUT2D eigenvalue weighted by Gasteiger charge is 2.34. The third-order valence-electron chi connectivity index (χ3n) is 3.42. The summed E-state index contributed by atoms with van der Waals surface area (Å²) in [5.41, 5.74) is -1.13. The molecule has 23 heavy (non-hydrogen) atoms. The Morgan fingerprint density at radius 2 is 2.09 bits per heavy atom. The minimum Gasteiger partial charge on any atom is -0.344 e. The quantitative estimate of drug-likeness (QED) is 0.836. The minimum atomic E-state index is -4.59. The molecule has 9 heteroatoms. The summed E-state index contributed by atoms with van der Waals surface area (Å²) >= 11 is 0. The van der Waals surface area contributed by atoms with Crippen LogP contribution < -0.4 is 5.32 Å². The molecule has 1 fully saturated rings. The van der Waals surface area contributed by atoms with E-state index in [9.17, 15) is 27.6 Å². The molecular formula is C14H14F3N3O3. The van der Waals surface area contributed by atoms with Crippen molar-refractivity contribution >= 4 is 17.7 Å². The Hall–Kier alpha value is -2.45. The van der Waals surface area contributed by atoms with Crippen molar-refractivity contribution < 1.29 is 27.6 Å².